The SMILES string of the molecule is Cc1nn2c(C3CCCN(Cc4ccccc4)C3)ccnc2c1CCCOC(N)=O. The van der Waals surface area contributed by atoms with Crippen molar-refractivity contribution in [2.45, 2.75) is 45.1 Å². The van der Waals surface area contributed by atoms with Crippen molar-refractivity contribution >= 4 is 11.7 Å². The fourth-order valence-corrected chi connectivity index (χ4v) is 4.42. The van der Waals surface area contributed by atoms with Crippen LogP contribution in [0.2, 0.25) is 0 Å². The molecule has 0 saturated carbocycles. The predicted octanol–water partition coefficient (Wildman–Crippen LogP) is 3.45. The topological polar surface area (TPSA) is 85.8 Å². The van der Waals surface area contributed by atoms with Gasteiger partial charge in [0.1, 0.15) is 0 Å². The Morgan fingerprint density at radius 3 is 2.90 bits per heavy atom. The van der Waals surface area contributed by atoms with Crippen LogP contribution in [0.3, 0.4) is 0 Å². The first-order chi connectivity index (χ1) is 14.6. The predicted molar refractivity (Wildman–Crippen MR) is 115 cm³/mol. The average molecular weight is 408 g/mol. The van der Waals surface area contributed by atoms with E-state index in [4.69, 9.17) is 15.6 Å². The Balaban J connectivity index is 1.51. The number of primary amides is 1. The molecule has 2 aromatic heterocycles. The molecule has 3 aromatic rings. The van der Waals surface area contributed by atoms with Gasteiger partial charge in [-0.3, -0.25) is 4.90 Å². The lowest BCUT2D eigenvalue weighted by atomic mass is 9.94. The van der Waals surface area contributed by atoms with E-state index in [1.807, 2.05) is 17.6 Å². The van der Waals surface area contributed by atoms with Crippen molar-refractivity contribution in [1.29, 1.82) is 0 Å². The number of carbonyl (C=O) groups excluding carboxylic acids is 1. The van der Waals surface area contributed by atoms with E-state index in [-0.39, 0.29) is 0 Å². The van der Waals surface area contributed by atoms with Crippen molar-refractivity contribution < 1.29 is 9.53 Å². The quantitative estimate of drug-likeness (QED) is 0.606. The van der Waals surface area contributed by atoms with E-state index >= 15 is 0 Å². The molecule has 0 bridgehead atoms. The largest absolute Gasteiger partial charge is 0.450 e. The first kappa shape index (κ1) is 20.3. The van der Waals surface area contributed by atoms with Crippen LogP contribution in [0.15, 0.2) is 42.6 Å². The minimum absolute atomic E-state index is 0.308. The number of hydrogen-bond acceptors (Lipinski definition) is 5. The molecule has 30 heavy (non-hydrogen) atoms. The molecule has 7 nitrogen and oxygen atoms in total. The van der Waals surface area contributed by atoms with E-state index < -0.39 is 6.09 Å². The molecule has 2 N–H and O–H groups in total. The summed E-state index contributed by atoms with van der Waals surface area (Å²) >= 11 is 0. The summed E-state index contributed by atoms with van der Waals surface area (Å²) in [6.45, 7) is 5.46. The van der Waals surface area contributed by atoms with Crippen LogP contribution in [0, 0.1) is 6.92 Å². The van der Waals surface area contributed by atoms with Crippen molar-refractivity contribution in [3.8, 4) is 0 Å². The Morgan fingerprint density at radius 1 is 1.27 bits per heavy atom. The molecular formula is C23H29N5O2. The smallest absolute Gasteiger partial charge is 0.404 e. The fourth-order valence-electron chi connectivity index (χ4n) is 4.42. The van der Waals surface area contributed by atoms with Crippen molar-refractivity contribution in [3.63, 3.8) is 0 Å². The van der Waals surface area contributed by atoms with Crippen molar-refractivity contribution in [1.82, 2.24) is 19.5 Å². The zero-order valence-electron chi connectivity index (χ0n) is 17.5. The number of benzene rings is 1. The van der Waals surface area contributed by atoms with Gasteiger partial charge in [0.2, 0.25) is 0 Å². The molecule has 158 valence electrons. The van der Waals surface area contributed by atoms with Crippen LogP contribution < -0.4 is 5.73 Å². The van der Waals surface area contributed by atoms with Gasteiger partial charge in [0.15, 0.2) is 5.65 Å². The molecule has 1 unspecified atom stereocenters. The molecule has 0 radical (unpaired) electrons. The third kappa shape index (κ3) is 4.62. The molecule has 1 aliphatic rings. The summed E-state index contributed by atoms with van der Waals surface area (Å²) in [7, 11) is 0. The highest BCUT2D eigenvalue weighted by molar-refractivity contribution is 5.64. The van der Waals surface area contributed by atoms with Crippen molar-refractivity contribution in [2.24, 2.45) is 5.73 Å². The molecule has 7 heteroatoms. The summed E-state index contributed by atoms with van der Waals surface area (Å²) < 4.78 is 6.88. The highest BCUT2D eigenvalue weighted by Crippen LogP contribution is 2.29. The second kappa shape index (κ2) is 9.26. The molecule has 3 heterocycles. The number of nitrogens with two attached hydrogens (primary N) is 1. The molecule has 1 atom stereocenters. The van der Waals surface area contributed by atoms with Gasteiger partial charge in [-0.2, -0.15) is 5.10 Å². The summed E-state index contributed by atoms with van der Waals surface area (Å²) in [4.78, 5) is 17.9. The molecule has 1 aliphatic heterocycles. The number of likely N-dealkylation sites (tertiary alicyclic amines) is 1. The van der Waals surface area contributed by atoms with Crippen LogP contribution in [0.4, 0.5) is 4.79 Å². The summed E-state index contributed by atoms with van der Waals surface area (Å²) in [6, 6.07) is 12.8. The van der Waals surface area contributed by atoms with Gasteiger partial charge in [-0.25, -0.2) is 14.3 Å². The van der Waals surface area contributed by atoms with Gasteiger partial charge in [0, 0.05) is 30.8 Å². The maximum absolute atomic E-state index is 10.8. The zero-order valence-corrected chi connectivity index (χ0v) is 17.5. The summed E-state index contributed by atoms with van der Waals surface area (Å²) in [5.41, 5.74) is 10.6. The molecular weight excluding hydrogens is 378 g/mol. The first-order valence-electron chi connectivity index (χ1n) is 10.6. The van der Waals surface area contributed by atoms with E-state index in [9.17, 15) is 4.79 Å². The van der Waals surface area contributed by atoms with Gasteiger partial charge in [0.25, 0.3) is 0 Å². The Bertz CT molecular complexity index is 1000. The zero-order chi connectivity index (χ0) is 20.9. The molecule has 4 rings (SSSR count). The van der Waals surface area contributed by atoms with Crippen molar-refractivity contribution in [3.05, 3.63) is 65.1 Å². The van der Waals surface area contributed by atoms with Crippen LogP contribution in [-0.2, 0) is 17.7 Å². The maximum atomic E-state index is 10.8. The molecule has 1 fully saturated rings. The van der Waals surface area contributed by atoms with Gasteiger partial charge in [-0.1, -0.05) is 30.3 Å². The van der Waals surface area contributed by atoms with Gasteiger partial charge in [0.05, 0.1) is 18.0 Å². The average Bonchev–Trinajstić information content (AvgIpc) is 3.07. The number of aryl methyl sites for hydroxylation is 2. The number of carbonyl (C=O) groups is 1. The van der Waals surface area contributed by atoms with E-state index in [2.05, 4.69) is 46.3 Å². The monoisotopic (exact) mass is 407 g/mol. The first-order valence-corrected chi connectivity index (χ1v) is 10.6. The standard InChI is InChI=1S/C23H29N5O2/c1-17-20(10-6-14-30-23(24)29)22-25-12-11-21(28(22)26-17)19-9-5-13-27(16-19)15-18-7-3-2-4-8-18/h2-4,7-8,11-12,19H,5-6,9-10,13-16H2,1H3,(H2,24,29). The normalized spacial score (nSPS) is 17.3. The van der Waals surface area contributed by atoms with Crippen LogP contribution in [0.1, 0.15) is 47.7 Å². The fraction of sp³-hybridized carbons (Fsp3) is 0.435. The lowest BCUT2D eigenvalue weighted by molar-refractivity contribution is 0.155. The maximum Gasteiger partial charge on any atom is 0.404 e. The van der Waals surface area contributed by atoms with Gasteiger partial charge < -0.3 is 10.5 Å². The minimum Gasteiger partial charge on any atom is -0.450 e. The second-order valence-corrected chi connectivity index (χ2v) is 8.00. The molecule has 1 amide bonds. The van der Waals surface area contributed by atoms with E-state index in [1.165, 1.54) is 17.7 Å². The third-order valence-corrected chi connectivity index (χ3v) is 5.83. The third-order valence-electron chi connectivity index (χ3n) is 5.83. The van der Waals surface area contributed by atoms with Gasteiger partial charge in [-0.05, 0) is 50.8 Å². The molecule has 0 aliphatic carbocycles. The summed E-state index contributed by atoms with van der Waals surface area (Å²) in [5, 5.41) is 4.81. The highest BCUT2D eigenvalue weighted by Gasteiger charge is 2.25. The minimum atomic E-state index is -0.732. The summed E-state index contributed by atoms with van der Waals surface area (Å²) in [5.74, 6) is 0.429. The number of hydrogen-bond donors (Lipinski definition) is 1. The number of aromatic nitrogens is 3. The van der Waals surface area contributed by atoms with E-state index in [1.54, 1.807) is 0 Å². The number of piperidine rings is 1. The number of ether oxygens (including phenoxy) is 1. The van der Waals surface area contributed by atoms with Gasteiger partial charge >= 0.3 is 6.09 Å². The second-order valence-electron chi connectivity index (χ2n) is 8.00. The number of rotatable bonds is 7. The molecule has 1 aromatic carbocycles. The van der Waals surface area contributed by atoms with E-state index in [0.29, 0.717) is 18.9 Å². The Morgan fingerprint density at radius 2 is 2.10 bits per heavy atom. The highest BCUT2D eigenvalue weighted by atomic mass is 16.5. The molecule has 0 spiro atoms. The summed E-state index contributed by atoms with van der Waals surface area (Å²) in [6.07, 6.45) is 4.95. The Kier molecular flexibility index (Phi) is 6.28. The number of amides is 1. The van der Waals surface area contributed by atoms with Crippen molar-refractivity contribution in [2.75, 3.05) is 19.7 Å². The number of nitrogens with zero attached hydrogens (tertiary/aromatic N) is 4. The van der Waals surface area contributed by atoms with Crippen LogP contribution in [0.25, 0.3) is 5.65 Å². The Hall–Kier alpha value is -2.93. The van der Waals surface area contributed by atoms with Gasteiger partial charge in [-0.15, -0.1) is 0 Å². The van der Waals surface area contributed by atoms with Crippen LogP contribution in [0.5, 0.6) is 0 Å². The lowest BCUT2D eigenvalue weighted by Crippen LogP contribution is -2.34. The number of fused-ring (bicyclic) bond motifs is 1. The van der Waals surface area contributed by atoms with Crippen LogP contribution >= 0.6 is 0 Å². The van der Waals surface area contributed by atoms with E-state index in [0.717, 1.165) is 49.4 Å². The lowest BCUT2D eigenvalue weighted by Gasteiger charge is -2.33. The van der Waals surface area contributed by atoms with Crippen LogP contribution in [-0.4, -0.2) is 45.3 Å². The molecule has 1 saturated heterocycles. The Labute approximate surface area is 176 Å².